The highest BCUT2D eigenvalue weighted by Gasteiger charge is 2.09. The summed E-state index contributed by atoms with van der Waals surface area (Å²) in [6.45, 7) is 6.74. The van der Waals surface area contributed by atoms with Crippen molar-refractivity contribution in [1.29, 1.82) is 0 Å². The third kappa shape index (κ3) is 4.71. The molecule has 1 aromatic heterocycles. The molecule has 0 aliphatic heterocycles. The number of aromatic nitrogens is 1. The van der Waals surface area contributed by atoms with E-state index in [9.17, 15) is 4.79 Å². The van der Waals surface area contributed by atoms with Crippen LogP contribution in [0, 0.1) is 6.92 Å². The first-order valence-corrected chi connectivity index (χ1v) is 6.06. The number of halogens is 1. The van der Waals surface area contributed by atoms with Gasteiger partial charge in [0.25, 0.3) is 0 Å². The number of aryl methyl sites for hydroxylation is 1. The van der Waals surface area contributed by atoms with Crippen molar-refractivity contribution in [3.8, 4) is 0 Å². The van der Waals surface area contributed by atoms with E-state index < -0.39 is 0 Å². The maximum atomic E-state index is 11.7. The Bertz CT molecular complexity index is 395. The molecule has 0 aliphatic carbocycles. The van der Waals surface area contributed by atoms with Crippen LogP contribution in [0.25, 0.3) is 0 Å². The molecule has 0 saturated heterocycles. The van der Waals surface area contributed by atoms with Crippen LogP contribution < -0.4 is 10.6 Å². The van der Waals surface area contributed by atoms with Gasteiger partial charge in [-0.05, 0) is 32.0 Å². The number of hydrogen-bond donors (Lipinski definition) is 2. The Morgan fingerprint density at radius 3 is 2.88 bits per heavy atom. The second-order valence-electron chi connectivity index (χ2n) is 4.03. The highest BCUT2D eigenvalue weighted by molar-refractivity contribution is 6.29. The number of amides is 1. The van der Waals surface area contributed by atoms with E-state index in [1.165, 1.54) is 0 Å². The number of nitrogens with one attached hydrogen (secondary N) is 2. The summed E-state index contributed by atoms with van der Waals surface area (Å²) in [6.07, 6.45) is 2.02. The van der Waals surface area contributed by atoms with E-state index in [1.54, 1.807) is 12.3 Å². The fourth-order valence-electron chi connectivity index (χ4n) is 1.55. The lowest BCUT2D eigenvalue weighted by Gasteiger charge is -2.13. The third-order valence-electron chi connectivity index (χ3n) is 2.40. The summed E-state index contributed by atoms with van der Waals surface area (Å²) in [7, 11) is 0. The minimum Gasteiger partial charge on any atom is -0.324 e. The third-order valence-corrected chi connectivity index (χ3v) is 2.60. The fraction of sp³-hybridized carbons (Fsp3) is 0.500. The summed E-state index contributed by atoms with van der Waals surface area (Å²) in [5, 5.41) is 6.45. The Balaban J connectivity index is 2.56. The number of nitrogens with zero attached hydrogens (tertiary/aromatic N) is 1. The lowest BCUT2D eigenvalue weighted by molar-refractivity contribution is -0.116. The van der Waals surface area contributed by atoms with Gasteiger partial charge in [-0.1, -0.05) is 18.5 Å². The van der Waals surface area contributed by atoms with Crippen molar-refractivity contribution in [2.24, 2.45) is 0 Å². The van der Waals surface area contributed by atoms with Crippen LogP contribution in [-0.2, 0) is 4.79 Å². The molecule has 0 spiro atoms. The Morgan fingerprint density at radius 1 is 1.59 bits per heavy atom. The Labute approximate surface area is 107 Å². The summed E-state index contributed by atoms with van der Waals surface area (Å²) < 4.78 is 0. The Morgan fingerprint density at radius 2 is 2.29 bits per heavy atom. The van der Waals surface area contributed by atoms with Gasteiger partial charge in [-0.25, -0.2) is 4.98 Å². The minimum atomic E-state index is -0.0225. The Kier molecular flexibility index (Phi) is 5.38. The van der Waals surface area contributed by atoms with E-state index in [2.05, 4.69) is 15.6 Å². The predicted octanol–water partition coefficient (Wildman–Crippen LogP) is 2.37. The topological polar surface area (TPSA) is 54.0 Å². The quantitative estimate of drug-likeness (QED) is 0.795. The summed E-state index contributed by atoms with van der Waals surface area (Å²) in [6, 6.07) is 1.89. The zero-order valence-electron chi connectivity index (χ0n) is 10.4. The molecule has 0 aromatic carbocycles. The molecule has 0 radical (unpaired) electrons. The first-order chi connectivity index (χ1) is 8.02. The summed E-state index contributed by atoms with van der Waals surface area (Å²) in [5.74, 6) is -0.0225. The number of anilines is 1. The van der Waals surface area contributed by atoms with Crippen LogP contribution in [-0.4, -0.2) is 23.5 Å². The molecule has 4 nitrogen and oxygen atoms in total. The van der Waals surface area contributed by atoms with E-state index in [0.717, 1.165) is 12.1 Å². The smallest absolute Gasteiger partial charge is 0.225 e. The van der Waals surface area contributed by atoms with E-state index in [0.29, 0.717) is 17.3 Å². The van der Waals surface area contributed by atoms with E-state index >= 15 is 0 Å². The van der Waals surface area contributed by atoms with Crippen molar-refractivity contribution < 1.29 is 4.79 Å². The van der Waals surface area contributed by atoms with Gasteiger partial charge in [0.15, 0.2) is 0 Å². The van der Waals surface area contributed by atoms with Crippen LogP contribution in [0.4, 0.5) is 5.69 Å². The first kappa shape index (κ1) is 13.9. The van der Waals surface area contributed by atoms with Gasteiger partial charge in [-0.3, -0.25) is 4.79 Å². The molecule has 0 fully saturated rings. The maximum Gasteiger partial charge on any atom is 0.225 e. The highest BCUT2D eigenvalue weighted by Crippen LogP contribution is 2.16. The van der Waals surface area contributed by atoms with Gasteiger partial charge in [-0.15, -0.1) is 0 Å². The normalized spacial score (nSPS) is 12.2. The Hall–Kier alpha value is -1.13. The molecule has 1 rings (SSSR count). The summed E-state index contributed by atoms with van der Waals surface area (Å²) in [5.41, 5.74) is 1.62. The van der Waals surface area contributed by atoms with Gasteiger partial charge in [0.2, 0.25) is 5.91 Å². The van der Waals surface area contributed by atoms with Crippen LogP contribution in [0.15, 0.2) is 12.3 Å². The lowest BCUT2D eigenvalue weighted by atomic mass is 10.2. The molecule has 0 saturated carbocycles. The van der Waals surface area contributed by atoms with Crippen LogP contribution >= 0.6 is 11.6 Å². The molecular weight excluding hydrogens is 238 g/mol. The van der Waals surface area contributed by atoms with Gasteiger partial charge in [0, 0.05) is 12.5 Å². The van der Waals surface area contributed by atoms with E-state index in [4.69, 9.17) is 11.6 Å². The van der Waals surface area contributed by atoms with Crippen molar-refractivity contribution in [2.75, 3.05) is 11.9 Å². The van der Waals surface area contributed by atoms with Crippen molar-refractivity contribution >= 4 is 23.2 Å². The first-order valence-electron chi connectivity index (χ1n) is 5.68. The van der Waals surface area contributed by atoms with Gasteiger partial charge in [-0.2, -0.15) is 0 Å². The van der Waals surface area contributed by atoms with Gasteiger partial charge in [0.05, 0.1) is 11.9 Å². The standard InChI is InChI=1S/C12H18ClN3O/c1-4-14-9(3)6-12(17)16-10-7-15-11(13)5-8(10)2/h5,7,9,14H,4,6H2,1-3H3,(H,16,17). The molecular formula is C12H18ClN3O. The molecule has 17 heavy (non-hydrogen) atoms. The SMILES string of the molecule is CCNC(C)CC(=O)Nc1cnc(Cl)cc1C. The molecule has 5 heteroatoms. The average molecular weight is 256 g/mol. The monoisotopic (exact) mass is 255 g/mol. The summed E-state index contributed by atoms with van der Waals surface area (Å²) >= 11 is 5.75. The number of hydrogen-bond acceptors (Lipinski definition) is 3. The molecule has 2 N–H and O–H groups in total. The molecule has 1 heterocycles. The number of carbonyl (C=O) groups excluding carboxylic acids is 1. The predicted molar refractivity (Wildman–Crippen MR) is 70.4 cm³/mol. The second-order valence-corrected chi connectivity index (χ2v) is 4.42. The van der Waals surface area contributed by atoms with Gasteiger partial charge in [0.1, 0.15) is 5.15 Å². The van der Waals surface area contributed by atoms with Gasteiger partial charge >= 0.3 is 0 Å². The minimum absolute atomic E-state index is 0.0225. The van der Waals surface area contributed by atoms with Crippen LogP contribution in [0.3, 0.4) is 0 Å². The number of pyridine rings is 1. The molecule has 94 valence electrons. The molecule has 1 atom stereocenters. The van der Waals surface area contributed by atoms with Crippen molar-refractivity contribution in [3.05, 3.63) is 23.0 Å². The number of carbonyl (C=O) groups is 1. The summed E-state index contributed by atoms with van der Waals surface area (Å²) in [4.78, 5) is 15.7. The molecule has 1 unspecified atom stereocenters. The van der Waals surface area contributed by atoms with Crippen LogP contribution in [0.1, 0.15) is 25.8 Å². The largest absolute Gasteiger partial charge is 0.324 e. The molecule has 0 bridgehead atoms. The highest BCUT2D eigenvalue weighted by atomic mass is 35.5. The lowest BCUT2D eigenvalue weighted by Crippen LogP contribution is -2.30. The van der Waals surface area contributed by atoms with Crippen molar-refractivity contribution in [1.82, 2.24) is 10.3 Å². The maximum absolute atomic E-state index is 11.7. The molecule has 1 aromatic rings. The van der Waals surface area contributed by atoms with Crippen LogP contribution in [0.5, 0.6) is 0 Å². The van der Waals surface area contributed by atoms with E-state index in [-0.39, 0.29) is 11.9 Å². The molecule has 1 amide bonds. The fourth-order valence-corrected chi connectivity index (χ4v) is 1.76. The molecule has 0 aliphatic rings. The zero-order valence-corrected chi connectivity index (χ0v) is 11.1. The van der Waals surface area contributed by atoms with Crippen molar-refractivity contribution in [3.63, 3.8) is 0 Å². The van der Waals surface area contributed by atoms with Crippen molar-refractivity contribution in [2.45, 2.75) is 33.2 Å². The zero-order chi connectivity index (χ0) is 12.8. The van der Waals surface area contributed by atoms with Gasteiger partial charge < -0.3 is 10.6 Å². The second kappa shape index (κ2) is 6.57. The van der Waals surface area contributed by atoms with E-state index in [1.807, 2.05) is 20.8 Å². The van der Waals surface area contributed by atoms with Crippen LogP contribution in [0.2, 0.25) is 5.15 Å². The average Bonchev–Trinajstić information content (AvgIpc) is 2.22. The number of rotatable bonds is 5.